The standard InChI is InChI=1S/C11H13BrO.2ClH.Ru/c1-8(2)13(4)11-6-5-10(12)7-9(11)3;;;/h3,5-8H,4H2,1-2H3;2*1H;/q;;;+2/p-2. The third-order valence-corrected chi connectivity index (χ3v) is 4.34. The molecule has 0 aliphatic carbocycles. The van der Waals surface area contributed by atoms with E-state index in [1.807, 2.05) is 22.8 Å². The Bertz CT molecular complexity index is 403. The van der Waals surface area contributed by atoms with Crippen LogP contribution in [0.15, 0.2) is 22.7 Å². The van der Waals surface area contributed by atoms with E-state index in [1.165, 1.54) is 0 Å². The van der Waals surface area contributed by atoms with Crippen molar-refractivity contribution in [2.45, 2.75) is 20.0 Å². The Labute approximate surface area is 118 Å². The van der Waals surface area contributed by atoms with Crippen molar-refractivity contribution >= 4 is 39.9 Å². The number of benzene rings is 1. The molecular formula is C11H13BrCl2ORu. The molecule has 0 spiro atoms. The average molecular weight is 413 g/mol. The number of halogens is 3. The van der Waals surface area contributed by atoms with Gasteiger partial charge in [0.25, 0.3) is 0 Å². The summed E-state index contributed by atoms with van der Waals surface area (Å²) in [5, 5.41) is 0. The van der Waals surface area contributed by atoms with Gasteiger partial charge in [0.2, 0.25) is 0 Å². The second-order valence-corrected chi connectivity index (χ2v) is 10.1. The van der Waals surface area contributed by atoms with Crippen LogP contribution in [-0.2, 0) is 17.9 Å². The predicted octanol–water partition coefficient (Wildman–Crippen LogP) is 4.99. The van der Waals surface area contributed by atoms with Crippen molar-refractivity contribution in [1.82, 2.24) is 0 Å². The molecule has 0 amide bonds. The summed E-state index contributed by atoms with van der Waals surface area (Å²) in [4.78, 5) is 0. The van der Waals surface area contributed by atoms with Crippen molar-refractivity contribution in [2.75, 3.05) is 0 Å². The minimum atomic E-state index is -1.83. The van der Waals surface area contributed by atoms with E-state index in [-0.39, 0.29) is 6.10 Å². The molecule has 1 aromatic carbocycles. The molecule has 0 radical (unpaired) electrons. The molecule has 0 bridgehead atoms. The van der Waals surface area contributed by atoms with Crippen LogP contribution in [0, 0.1) is 7.11 Å². The molecule has 0 N–H and O–H groups in total. The molecule has 0 heterocycles. The van der Waals surface area contributed by atoms with Crippen molar-refractivity contribution in [1.29, 1.82) is 0 Å². The van der Waals surface area contributed by atoms with Crippen LogP contribution < -0.4 is 0 Å². The maximum absolute atomic E-state index is 5.91. The van der Waals surface area contributed by atoms with Gasteiger partial charge in [0.15, 0.2) is 0 Å². The second kappa shape index (κ2) is 6.49. The summed E-state index contributed by atoms with van der Waals surface area (Å²) in [5.74, 6) is 0.971. The van der Waals surface area contributed by atoms with E-state index in [0.717, 1.165) is 15.8 Å². The minimum absolute atomic E-state index is 0.250. The maximum atomic E-state index is 5.91. The first kappa shape index (κ1) is 14.6. The third-order valence-electron chi connectivity index (χ3n) is 2.01. The Morgan fingerprint density at radius 1 is 1.44 bits per heavy atom. The van der Waals surface area contributed by atoms with E-state index < -0.39 is 13.5 Å². The Morgan fingerprint density at radius 2 is 2.06 bits per heavy atom. The van der Waals surface area contributed by atoms with Crippen molar-refractivity contribution in [2.24, 2.45) is 0 Å². The quantitative estimate of drug-likeness (QED) is 0.373. The van der Waals surface area contributed by atoms with Crippen molar-refractivity contribution in [3.05, 3.63) is 35.3 Å². The molecule has 0 saturated carbocycles. The van der Waals surface area contributed by atoms with Gasteiger partial charge in [-0.1, -0.05) is 0 Å². The second-order valence-electron chi connectivity index (χ2n) is 3.47. The molecule has 0 aromatic heterocycles. The topological polar surface area (TPSA) is 2.70 Å². The van der Waals surface area contributed by atoms with Crippen molar-refractivity contribution in [3.8, 4) is 5.75 Å². The fourth-order valence-electron chi connectivity index (χ4n) is 1.17. The molecular weight excluding hydrogens is 400 g/mol. The fraction of sp³-hybridized carbons (Fsp3) is 0.273. The Hall–Kier alpha value is 0.573. The Morgan fingerprint density at radius 3 is 2.56 bits per heavy atom. The van der Waals surface area contributed by atoms with Crippen LogP contribution in [0.1, 0.15) is 19.4 Å². The fourth-order valence-corrected chi connectivity index (χ4v) is 3.34. The average Bonchev–Trinajstić information content (AvgIpc) is 2.15. The van der Waals surface area contributed by atoms with Gasteiger partial charge in [-0.25, -0.2) is 0 Å². The molecule has 0 atom stereocenters. The Balaban J connectivity index is 3.22. The molecule has 92 valence electrons. The molecule has 1 aromatic rings. The molecule has 0 aliphatic rings. The molecule has 0 aliphatic heterocycles. The van der Waals surface area contributed by atoms with Gasteiger partial charge >= 0.3 is 119 Å². The summed E-state index contributed by atoms with van der Waals surface area (Å²) in [6.45, 7) is 4.11. The van der Waals surface area contributed by atoms with Crippen molar-refractivity contribution < 1.29 is 17.9 Å². The van der Waals surface area contributed by atoms with Gasteiger partial charge in [-0.2, -0.15) is 0 Å². The van der Waals surface area contributed by atoms with Gasteiger partial charge < -0.3 is 0 Å². The first-order chi connectivity index (χ1) is 7.41. The summed E-state index contributed by atoms with van der Waals surface area (Å²) in [5.41, 5.74) is 1.01. The van der Waals surface area contributed by atoms with Crippen LogP contribution >= 0.6 is 35.3 Å². The molecule has 1 rings (SSSR count). The molecule has 16 heavy (non-hydrogen) atoms. The van der Waals surface area contributed by atoms with Gasteiger partial charge in [0.1, 0.15) is 0 Å². The first-order valence-corrected chi connectivity index (χ1v) is 10.8. The normalized spacial score (nSPS) is 11.6. The van der Waals surface area contributed by atoms with E-state index >= 15 is 0 Å². The zero-order valence-electron chi connectivity index (χ0n) is 8.99. The van der Waals surface area contributed by atoms with Crippen LogP contribution in [0.2, 0.25) is 0 Å². The summed E-state index contributed by atoms with van der Waals surface area (Å²) in [7, 11) is 15.8. The van der Waals surface area contributed by atoms with Crippen molar-refractivity contribution in [3.63, 3.8) is 0 Å². The predicted molar refractivity (Wildman–Crippen MR) is 72.0 cm³/mol. The van der Waals surface area contributed by atoms with Crippen LogP contribution in [0.5, 0.6) is 5.75 Å². The van der Waals surface area contributed by atoms with E-state index in [9.17, 15) is 0 Å². The molecule has 5 heteroatoms. The summed E-state index contributed by atoms with van der Waals surface area (Å²) in [6, 6.07) is 5.95. The van der Waals surface area contributed by atoms with Gasteiger partial charge in [-0.3, -0.25) is 0 Å². The van der Waals surface area contributed by atoms with E-state index in [4.69, 9.17) is 19.4 Å². The zero-order valence-corrected chi connectivity index (χ0v) is 13.8. The molecule has 0 fully saturated rings. The first-order valence-electron chi connectivity index (χ1n) is 4.57. The SMILES string of the molecule is [CH2-][O+](c1ccc(Br)cc1[CH]=[Ru]([Cl])[Cl])C(C)C. The van der Waals surface area contributed by atoms with Gasteiger partial charge in [-0.05, 0) is 0 Å². The number of hydrogen-bond acceptors (Lipinski definition) is 0. The van der Waals surface area contributed by atoms with Gasteiger partial charge in [0.05, 0.1) is 0 Å². The van der Waals surface area contributed by atoms with Crippen LogP contribution in [0.25, 0.3) is 0 Å². The number of rotatable bonds is 3. The third kappa shape index (κ3) is 4.11. The van der Waals surface area contributed by atoms with E-state index in [1.54, 1.807) is 0 Å². The monoisotopic (exact) mass is 412 g/mol. The summed E-state index contributed by atoms with van der Waals surface area (Å²) < 4.78 is 5.73. The summed E-state index contributed by atoms with van der Waals surface area (Å²) in [6.07, 6.45) is 0.250. The Kier molecular flexibility index (Phi) is 5.94. The molecule has 1 nitrogen and oxygen atoms in total. The molecule has 0 saturated heterocycles. The molecule has 0 unspecified atom stereocenters. The van der Waals surface area contributed by atoms with Gasteiger partial charge in [0, 0.05) is 0 Å². The van der Waals surface area contributed by atoms with E-state index in [2.05, 4.69) is 41.3 Å². The zero-order chi connectivity index (χ0) is 12.3. The van der Waals surface area contributed by atoms with Gasteiger partial charge in [-0.15, -0.1) is 0 Å². The van der Waals surface area contributed by atoms with E-state index in [0.29, 0.717) is 0 Å². The van der Waals surface area contributed by atoms with Crippen LogP contribution in [0.3, 0.4) is 0 Å². The van der Waals surface area contributed by atoms with Crippen LogP contribution in [-0.4, -0.2) is 10.7 Å². The van der Waals surface area contributed by atoms with Crippen LogP contribution in [0.4, 0.5) is 0 Å². The number of hydrogen-bond donors (Lipinski definition) is 0. The summed E-state index contributed by atoms with van der Waals surface area (Å²) >= 11 is 1.61.